The summed E-state index contributed by atoms with van der Waals surface area (Å²) >= 11 is 0. The lowest BCUT2D eigenvalue weighted by molar-refractivity contribution is -0.136. The highest BCUT2D eigenvalue weighted by Gasteiger charge is 2.12. The topological polar surface area (TPSA) is 51.5 Å². The van der Waals surface area contributed by atoms with Crippen molar-refractivity contribution in [2.24, 2.45) is 0 Å². The maximum absolute atomic E-state index is 11.0. The van der Waals surface area contributed by atoms with Crippen molar-refractivity contribution in [1.82, 2.24) is 4.57 Å². The van der Waals surface area contributed by atoms with E-state index in [1.807, 2.05) is 43.3 Å². The largest absolute Gasteiger partial charge is 0.491 e. The Morgan fingerprint density at radius 1 is 1.04 bits per heavy atom. The molecule has 1 aromatic heterocycles. The molecule has 0 radical (unpaired) electrons. The minimum atomic E-state index is -0.782. The zero-order valence-corrected chi connectivity index (χ0v) is 15.8. The van der Waals surface area contributed by atoms with E-state index in [-0.39, 0.29) is 6.42 Å². The molecule has 0 saturated carbocycles. The van der Waals surface area contributed by atoms with Crippen molar-refractivity contribution < 1.29 is 14.6 Å². The molecule has 0 saturated heterocycles. The first-order valence-electron chi connectivity index (χ1n) is 9.20. The number of hydrogen-bond acceptors (Lipinski definition) is 2. The third-order valence-corrected chi connectivity index (χ3v) is 4.64. The molecule has 0 aliphatic heterocycles. The minimum absolute atomic E-state index is 0.121. The van der Waals surface area contributed by atoms with Crippen LogP contribution in [0.2, 0.25) is 0 Å². The molecule has 3 rings (SSSR count). The maximum Gasteiger partial charge on any atom is 0.303 e. The van der Waals surface area contributed by atoms with Crippen LogP contribution < -0.4 is 4.74 Å². The molecule has 4 heteroatoms. The molecule has 0 aliphatic rings. The summed E-state index contributed by atoms with van der Waals surface area (Å²) in [6.45, 7) is 5.31. The van der Waals surface area contributed by atoms with Crippen LogP contribution in [0.1, 0.15) is 23.2 Å². The number of carbonyl (C=O) groups is 1. The SMILES string of the molecule is Cc1ccc(OCCn2c(CCC(=O)O)ccc2-c2ccccc2)c(C)c1. The molecule has 27 heavy (non-hydrogen) atoms. The summed E-state index contributed by atoms with van der Waals surface area (Å²) in [6, 6.07) is 20.4. The Kier molecular flexibility index (Phi) is 5.97. The molecular formula is C23H25NO3. The van der Waals surface area contributed by atoms with Crippen molar-refractivity contribution in [2.45, 2.75) is 33.2 Å². The van der Waals surface area contributed by atoms with Crippen LogP contribution in [-0.2, 0) is 17.8 Å². The molecule has 4 nitrogen and oxygen atoms in total. The van der Waals surface area contributed by atoms with Gasteiger partial charge >= 0.3 is 5.97 Å². The summed E-state index contributed by atoms with van der Waals surface area (Å²) < 4.78 is 8.17. The number of aliphatic carboxylic acids is 1. The Balaban J connectivity index is 1.78. The van der Waals surface area contributed by atoms with Crippen molar-refractivity contribution in [3.63, 3.8) is 0 Å². The molecule has 0 bridgehead atoms. The third-order valence-electron chi connectivity index (χ3n) is 4.64. The Labute approximate surface area is 160 Å². The van der Waals surface area contributed by atoms with Gasteiger partial charge in [-0.25, -0.2) is 0 Å². The summed E-state index contributed by atoms with van der Waals surface area (Å²) in [5.41, 5.74) is 5.55. The minimum Gasteiger partial charge on any atom is -0.491 e. The van der Waals surface area contributed by atoms with E-state index in [2.05, 4.69) is 35.8 Å². The van der Waals surface area contributed by atoms with Gasteiger partial charge in [-0.3, -0.25) is 4.79 Å². The summed E-state index contributed by atoms with van der Waals surface area (Å²) in [6.07, 6.45) is 0.627. The molecule has 0 fully saturated rings. The van der Waals surface area contributed by atoms with E-state index in [0.717, 1.165) is 28.3 Å². The highest BCUT2D eigenvalue weighted by Crippen LogP contribution is 2.24. The molecule has 140 valence electrons. The number of hydrogen-bond donors (Lipinski definition) is 1. The van der Waals surface area contributed by atoms with E-state index in [4.69, 9.17) is 9.84 Å². The fraction of sp³-hybridized carbons (Fsp3) is 0.261. The predicted molar refractivity (Wildman–Crippen MR) is 107 cm³/mol. The van der Waals surface area contributed by atoms with E-state index in [9.17, 15) is 4.79 Å². The van der Waals surface area contributed by atoms with Crippen LogP contribution in [0.3, 0.4) is 0 Å². The van der Waals surface area contributed by atoms with Crippen LogP contribution in [0.4, 0.5) is 0 Å². The third kappa shape index (κ3) is 4.79. The highest BCUT2D eigenvalue weighted by atomic mass is 16.5. The highest BCUT2D eigenvalue weighted by molar-refractivity contribution is 5.67. The lowest BCUT2D eigenvalue weighted by Crippen LogP contribution is -2.13. The van der Waals surface area contributed by atoms with Gasteiger partial charge in [0.15, 0.2) is 0 Å². The van der Waals surface area contributed by atoms with Gasteiger partial charge in [0.1, 0.15) is 12.4 Å². The monoisotopic (exact) mass is 363 g/mol. The summed E-state index contributed by atoms with van der Waals surface area (Å²) in [4.78, 5) is 11.0. The fourth-order valence-electron chi connectivity index (χ4n) is 3.30. The number of nitrogens with zero attached hydrogens (tertiary/aromatic N) is 1. The summed E-state index contributed by atoms with van der Waals surface area (Å²) in [7, 11) is 0. The molecule has 0 atom stereocenters. The van der Waals surface area contributed by atoms with Crippen LogP contribution in [0.15, 0.2) is 60.7 Å². The Bertz CT molecular complexity index is 913. The average molecular weight is 363 g/mol. The van der Waals surface area contributed by atoms with E-state index >= 15 is 0 Å². The van der Waals surface area contributed by atoms with E-state index in [1.54, 1.807) is 0 Å². The molecule has 0 aliphatic carbocycles. The standard InChI is InChI=1S/C23H25NO3/c1-17-8-12-22(18(2)16-17)27-15-14-24-20(10-13-23(25)26)9-11-21(24)19-6-4-3-5-7-19/h3-9,11-12,16H,10,13-15H2,1-2H3,(H,25,26). The van der Waals surface area contributed by atoms with Gasteiger partial charge in [0, 0.05) is 11.4 Å². The molecule has 0 unspecified atom stereocenters. The second-order valence-electron chi connectivity index (χ2n) is 6.74. The van der Waals surface area contributed by atoms with Gasteiger partial charge in [-0.15, -0.1) is 0 Å². The first-order valence-corrected chi connectivity index (χ1v) is 9.20. The second kappa shape index (κ2) is 8.58. The van der Waals surface area contributed by atoms with Gasteiger partial charge < -0.3 is 14.4 Å². The molecule has 0 amide bonds. The summed E-state index contributed by atoms with van der Waals surface area (Å²) in [5, 5.41) is 9.03. The van der Waals surface area contributed by atoms with Crippen LogP contribution in [0.5, 0.6) is 5.75 Å². The van der Waals surface area contributed by atoms with Crippen molar-refractivity contribution in [3.05, 3.63) is 77.5 Å². The number of aryl methyl sites for hydroxylation is 3. The van der Waals surface area contributed by atoms with Crippen LogP contribution in [0.25, 0.3) is 11.3 Å². The normalized spacial score (nSPS) is 10.7. The molecule has 2 aromatic carbocycles. The van der Waals surface area contributed by atoms with Crippen molar-refractivity contribution in [3.8, 4) is 17.0 Å². The lowest BCUT2D eigenvalue weighted by atomic mass is 10.1. The fourth-order valence-corrected chi connectivity index (χ4v) is 3.30. The van der Waals surface area contributed by atoms with E-state index in [0.29, 0.717) is 19.6 Å². The number of rotatable bonds is 8. The van der Waals surface area contributed by atoms with Gasteiger partial charge in [0.05, 0.1) is 13.0 Å². The number of carboxylic acid groups (broad SMARTS) is 1. The Morgan fingerprint density at radius 3 is 2.52 bits per heavy atom. The van der Waals surface area contributed by atoms with Crippen LogP contribution >= 0.6 is 0 Å². The molecule has 3 aromatic rings. The number of ether oxygens (including phenoxy) is 1. The quantitative estimate of drug-likeness (QED) is 0.621. The van der Waals surface area contributed by atoms with Gasteiger partial charge in [-0.1, -0.05) is 48.0 Å². The first kappa shape index (κ1) is 18.8. The zero-order valence-electron chi connectivity index (χ0n) is 15.8. The Hall–Kier alpha value is -3.01. The smallest absolute Gasteiger partial charge is 0.303 e. The predicted octanol–water partition coefficient (Wildman–Crippen LogP) is 4.87. The van der Waals surface area contributed by atoms with E-state index in [1.165, 1.54) is 5.56 Å². The lowest BCUT2D eigenvalue weighted by Gasteiger charge is -2.15. The first-order chi connectivity index (χ1) is 13.0. The molecule has 1 heterocycles. The zero-order chi connectivity index (χ0) is 19.2. The van der Waals surface area contributed by atoms with Gasteiger partial charge in [0.25, 0.3) is 0 Å². The van der Waals surface area contributed by atoms with Crippen LogP contribution in [-0.4, -0.2) is 22.2 Å². The number of carboxylic acids is 1. The number of benzene rings is 2. The summed E-state index contributed by atoms with van der Waals surface area (Å²) in [5.74, 6) is 0.108. The van der Waals surface area contributed by atoms with Crippen molar-refractivity contribution >= 4 is 5.97 Å². The van der Waals surface area contributed by atoms with Gasteiger partial charge in [-0.2, -0.15) is 0 Å². The molecular weight excluding hydrogens is 338 g/mol. The molecule has 1 N–H and O–H groups in total. The van der Waals surface area contributed by atoms with Gasteiger partial charge in [0.2, 0.25) is 0 Å². The van der Waals surface area contributed by atoms with Crippen molar-refractivity contribution in [2.75, 3.05) is 6.61 Å². The maximum atomic E-state index is 11.0. The average Bonchev–Trinajstić information content (AvgIpc) is 3.05. The van der Waals surface area contributed by atoms with Crippen LogP contribution in [0, 0.1) is 13.8 Å². The van der Waals surface area contributed by atoms with Gasteiger partial charge in [-0.05, 0) is 49.6 Å². The Morgan fingerprint density at radius 2 is 1.81 bits per heavy atom. The number of aromatic nitrogens is 1. The van der Waals surface area contributed by atoms with E-state index < -0.39 is 5.97 Å². The van der Waals surface area contributed by atoms with Crippen molar-refractivity contribution in [1.29, 1.82) is 0 Å². The second-order valence-corrected chi connectivity index (χ2v) is 6.74. The molecule has 0 spiro atoms.